The number of ether oxygens (including phenoxy) is 2. The molecule has 0 radical (unpaired) electrons. The van der Waals surface area contributed by atoms with Gasteiger partial charge in [0.2, 0.25) is 0 Å². The Balaban J connectivity index is 1.99. The fraction of sp³-hybridized carbons (Fsp3) is 0.588. The Kier molecular flexibility index (Phi) is 5.63. The maximum absolute atomic E-state index is 12.3. The Bertz CT molecular complexity index is 557. The zero-order valence-electron chi connectivity index (χ0n) is 14.2. The standard InChI is InChI=1S/C17H25ClN2O3/c1-17(2,3)23-16(21)20-9-5-6-13(20)11-19-14-10-12(18)7-8-15(14)22-4/h7-8,10,13,19H,5-6,9,11H2,1-4H3. The first kappa shape index (κ1) is 17.7. The van der Waals surface area contributed by atoms with Gasteiger partial charge in [-0.2, -0.15) is 0 Å². The predicted octanol–water partition coefficient (Wildman–Crippen LogP) is 4.16. The molecule has 1 atom stereocenters. The number of hydrogen-bond acceptors (Lipinski definition) is 4. The Morgan fingerprint density at radius 1 is 1.43 bits per heavy atom. The fourth-order valence-electron chi connectivity index (χ4n) is 2.65. The summed E-state index contributed by atoms with van der Waals surface area (Å²) in [5, 5.41) is 3.98. The van der Waals surface area contributed by atoms with Crippen molar-refractivity contribution in [2.75, 3.05) is 25.5 Å². The molecular weight excluding hydrogens is 316 g/mol. The number of halogens is 1. The molecule has 0 bridgehead atoms. The first-order valence-corrected chi connectivity index (χ1v) is 8.25. The minimum Gasteiger partial charge on any atom is -0.495 e. The summed E-state index contributed by atoms with van der Waals surface area (Å²) in [5.41, 5.74) is 0.351. The minimum atomic E-state index is -0.478. The van der Waals surface area contributed by atoms with Gasteiger partial charge >= 0.3 is 6.09 Å². The molecule has 1 heterocycles. The van der Waals surface area contributed by atoms with Gasteiger partial charge < -0.3 is 19.7 Å². The number of amides is 1. The van der Waals surface area contributed by atoms with E-state index in [1.54, 1.807) is 18.1 Å². The molecule has 1 unspecified atom stereocenters. The van der Waals surface area contributed by atoms with Crippen LogP contribution in [0.4, 0.5) is 10.5 Å². The summed E-state index contributed by atoms with van der Waals surface area (Å²) in [6.07, 6.45) is 1.69. The number of likely N-dealkylation sites (tertiary alicyclic amines) is 1. The second kappa shape index (κ2) is 7.30. The van der Waals surface area contributed by atoms with Crippen molar-refractivity contribution in [2.24, 2.45) is 0 Å². The molecule has 0 saturated carbocycles. The number of rotatable bonds is 4. The van der Waals surface area contributed by atoms with Crippen molar-refractivity contribution in [3.8, 4) is 5.75 Å². The molecule has 1 amide bonds. The van der Waals surface area contributed by atoms with Gasteiger partial charge in [0.1, 0.15) is 11.4 Å². The predicted molar refractivity (Wildman–Crippen MR) is 92.5 cm³/mol. The molecule has 1 fully saturated rings. The van der Waals surface area contributed by atoms with Gasteiger partial charge in [-0.25, -0.2) is 4.79 Å². The molecule has 1 aliphatic heterocycles. The summed E-state index contributed by atoms with van der Waals surface area (Å²) in [7, 11) is 1.62. The quantitative estimate of drug-likeness (QED) is 0.894. The third kappa shape index (κ3) is 4.93. The fourth-order valence-corrected chi connectivity index (χ4v) is 2.83. The highest BCUT2D eigenvalue weighted by atomic mass is 35.5. The number of carbonyl (C=O) groups excluding carboxylic acids is 1. The highest BCUT2D eigenvalue weighted by molar-refractivity contribution is 6.30. The van der Waals surface area contributed by atoms with E-state index in [0.29, 0.717) is 11.6 Å². The van der Waals surface area contributed by atoms with Crippen LogP contribution < -0.4 is 10.1 Å². The Morgan fingerprint density at radius 3 is 2.83 bits per heavy atom. The van der Waals surface area contributed by atoms with Crippen LogP contribution in [-0.4, -0.2) is 42.8 Å². The normalized spacial score (nSPS) is 18.0. The van der Waals surface area contributed by atoms with Crippen LogP contribution in [0.5, 0.6) is 5.75 Å². The van der Waals surface area contributed by atoms with Gasteiger partial charge in [-0.15, -0.1) is 0 Å². The van der Waals surface area contributed by atoms with Gasteiger partial charge in [-0.1, -0.05) is 11.6 Å². The zero-order chi connectivity index (χ0) is 17.0. The molecule has 0 aliphatic carbocycles. The maximum atomic E-state index is 12.3. The van der Waals surface area contributed by atoms with Gasteiger partial charge in [0.05, 0.1) is 18.8 Å². The molecule has 0 spiro atoms. The minimum absolute atomic E-state index is 0.105. The third-order valence-electron chi connectivity index (χ3n) is 3.69. The first-order chi connectivity index (χ1) is 10.8. The smallest absolute Gasteiger partial charge is 0.410 e. The number of benzene rings is 1. The number of hydrogen-bond donors (Lipinski definition) is 1. The van der Waals surface area contributed by atoms with Crippen molar-refractivity contribution in [3.63, 3.8) is 0 Å². The van der Waals surface area contributed by atoms with Crippen LogP contribution in [0.25, 0.3) is 0 Å². The summed E-state index contributed by atoms with van der Waals surface area (Å²) in [5.74, 6) is 0.733. The lowest BCUT2D eigenvalue weighted by Gasteiger charge is -2.29. The molecule has 6 heteroatoms. The van der Waals surface area contributed by atoms with E-state index in [0.717, 1.165) is 30.8 Å². The molecule has 1 aromatic carbocycles. The average molecular weight is 341 g/mol. The van der Waals surface area contributed by atoms with Crippen molar-refractivity contribution < 1.29 is 14.3 Å². The Morgan fingerprint density at radius 2 is 2.17 bits per heavy atom. The van der Waals surface area contributed by atoms with Crippen LogP contribution in [-0.2, 0) is 4.74 Å². The molecule has 5 nitrogen and oxygen atoms in total. The zero-order valence-corrected chi connectivity index (χ0v) is 14.9. The van der Waals surface area contributed by atoms with Crippen LogP contribution in [0.1, 0.15) is 33.6 Å². The van der Waals surface area contributed by atoms with Gasteiger partial charge in [-0.05, 0) is 51.8 Å². The second-order valence-electron chi connectivity index (χ2n) is 6.70. The number of methoxy groups -OCH3 is 1. The average Bonchev–Trinajstić information content (AvgIpc) is 2.92. The first-order valence-electron chi connectivity index (χ1n) is 7.87. The van der Waals surface area contributed by atoms with E-state index in [4.69, 9.17) is 21.1 Å². The second-order valence-corrected chi connectivity index (χ2v) is 7.13. The summed E-state index contributed by atoms with van der Waals surface area (Å²) in [6.45, 7) is 7.01. The van der Waals surface area contributed by atoms with Gasteiger partial charge in [0.15, 0.2) is 0 Å². The van der Waals surface area contributed by atoms with Crippen molar-refractivity contribution in [1.29, 1.82) is 0 Å². The topological polar surface area (TPSA) is 50.8 Å². The lowest BCUT2D eigenvalue weighted by atomic mass is 10.2. The molecule has 128 valence electrons. The number of anilines is 1. The maximum Gasteiger partial charge on any atom is 0.410 e. The Labute approximate surface area is 142 Å². The van der Waals surface area contributed by atoms with E-state index in [9.17, 15) is 4.79 Å². The molecule has 2 rings (SSSR count). The van der Waals surface area contributed by atoms with Crippen molar-refractivity contribution in [2.45, 2.75) is 45.3 Å². The van der Waals surface area contributed by atoms with Gasteiger partial charge in [-0.3, -0.25) is 0 Å². The lowest BCUT2D eigenvalue weighted by molar-refractivity contribution is 0.0235. The van der Waals surface area contributed by atoms with E-state index in [2.05, 4.69) is 5.32 Å². The molecule has 1 aromatic rings. The van der Waals surface area contributed by atoms with E-state index >= 15 is 0 Å². The van der Waals surface area contributed by atoms with Crippen molar-refractivity contribution in [1.82, 2.24) is 4.90 Å². The number of nitrogens with zero attached hydrogens (tertiary/aromatic N) is 1. The Hall–Kier alpha value is -1.62. The van der Waals surface area contributed by atoms with Gasteiger partial charge in [0.25, 0.3) is 0 Å². The SMILES string of the molecule is COc1ccc(Cl)cc1NCC1CCCN1C(=O)OC(C)(C)C. The van der Waals surface area contributed by atoms with E-state index < -0.39 is 5.60 Å². The molecule has 1 saturated heterocycles. The molecule has 1 N–H and O–H groups in total. The largest absolute Gasteiger partial charge is 0.495 e. The van der Waals surface area contributed by atoms with Crippen LogP contribution in [0.15, 0.2) is 18.2 Å². The molecule has 0 aromatic heterocycles. The highest BCUT2D eigenvalue weighted by Crippen LogP contribution is 2.28. The van der Waals surface area contributed by atoms with Crippen LogP contribution in [0, 0.1) is 0 Å². The van der Waals surface area contributed by atoms with Crippen LogP contribution in [0.2, 0.25) is 5.02 Å². The monoisotopic (exact) mass is 340 g/mol. The van der Waals surface area contributed by atoms with E-state index in [-0.39, 0.29) is 12.1 Å². The summed E-state index contributed by atoms with van der Waals surface area (Å²) < 4.78 is 10.8. The van der Waals surface area contributed by atoms with Crippen LogP contribution in [0.3, 0.4) is 0 Å². The summed E-state index contributed by atoms with van der Waals surface area (Å²) in [6, 6.07) is 5.54. The summed E-state index contributed by atoms with van der Waals surface area (Å²) >= 11 is 6.04. The highest BCUT2D eigenvalue weighted by Gasteiger charge is 2.32. The van der Waals surface area contributed by atoms with Crippen LogP contribution >= 0.6 is 11.6 Å². The molecular formula is C17H25ClN2O3. The van der Waals surface area contributed by atoms with Crippen molar-refractivity contribution >= 4 is 23.4 Å². The van der Waals surface area contributed by atoms with Crippen molar-refractivity contribution in [3.05, 3.63) is 23.2 Å². The summed E-state index contributed by atoms with van der Waals surface area (Å²) in [4.78, 5) is 14.1. The van der Waals surface area contributed by atoms with Gasteiger partial charge in [0, 0.05) is 18.1 Å². The lowest BCUT2D eigenvalue weighted by Crippen LogP contribution is -2.42. The van der Waals surface area contributed by atoms with E-state index in [1.807, 2.05) is 32.9 Å². The molecule has 23 heavy (non-hydrogen) atoms. The molecule has 1 aliphatic rings. The van der Waals surface area contributed by atoms with E-state index in [1.165, 1.54) is 0 Å². The number of nitrogens with one attached hydrogen (secondary N) is 1. The third-order valence-corrected chi connectivity index (χ3v) is 3.93. The number of carbonyl (C=O) groups is 1.